The van der Waals surface area contributed by atoms with Gasteiger partial charge in [0.1, 0.15) is 10.7 Å². The highest BCUT2D eigenvalue weighted by Crippen LogP contribution is 2.23. The van der Waals surface area contributed by atoms with E-state index in [-0.39, 0.29) is 16.8 Å². The molecule has 0 aliphatic heterocycles. The third kappa shape index (κ3) is 1.60. The van der Waals surface area contributed by atoms with Crippen LogP contribution in [0.1, 0.15) is 12.8 Å². The summed E-state index contributed by atoms with van der Waals surface area (Å²) < 4.78 is 27.2. The number of nitrogens with one attached hydrogen (secondary N) is 1. The van der Waals surface area contributed by atoms with E-state index < -0.39 is 10.0 Å². The summed E-state index contributed by atoms with van der Waals surface area (Å²) in [6.45, 7) is 0. The Morgan fingerprint density at radius 3 is 2.71 bits per heavy atom. The van der Waals surface area contributed by atoms with Gasteiger partial charge in [0.25, 0.3) is 0 Å². The number of hydrogen-bond donors (Lipinski definition) is 2. The maximum Gasteiger partial charge on any atom is 0.246 e. The quantitative estimate of drug-likeness (QED) is 0.709. The van der Waals surface area contributed by atoms with Crippen LogP contribution in [0.4, 0.5) is 5.82 Å². The lowest BCUT2D eigenvalue weighted by molar-refractivity contribution is 0.581. The maximum absolute atomic E-state index is 11.7. The van der Waals surface area contributed by atoms with Gasteiger partial charge in [0.05, 0.1) is 6.20 Å². The molecule has 0 atom stereocenters. The van der Waals surface area contributed by atoms with Crippen LogP contribution in [-0.2, 0) is 17.1 Å². The first-order valence-electron chi connectivity index (χ1n) is 4.30. The molecule has 1 aromatic rings. The second-order valence-electron chi connectivity index (χ2n) is 3.41. The number of sulfonamides is 1. The highest BCUT2D eigenvalue weighted by molar-refractivity contribution is 7.89. The van der Waals surface area contributed by atoms with Crippen molar-refractivity contribution in [1.82, 2.24) is 14.5 Å². The Morgan fingerprint density at radius 1 is 1.64 bits per heavy atom. The predicted octanol–water partition coefficient (Wildman–Crippen LogP) is -0.557. The minimum absolute atomic E-state index is 0.0619. The third-order valence-electron chi connectivity index (χ3n) is 2.14. The Kier molecular flexibility index (Phi) is 2.00. The molecule has 6 nitrogen and oxygen atoms in total. The van der Waals surface area contributed by atoms with Crippen LogP contribution in [-0.4, -0.2) is 24.2 Å². The summed E-state index contributed by atoms with van der Waals surface area (Å²) in [6, 6.07) is 0.0830. The highest BCUT2D eigenvalue weighted by atomic mass is 32.2. The lowest BCUT2D eigenvalue weighted by atomic mass is 10.6. The van der Waals surface area contributed by atoms with Gasteiger partial charge in [-0.25, -0.2) is 13.1 Å². The van der Waals surface area contributed by atoms with Crippen LogP contribution in [0.5, 0.6) is 0 Å². The highest BCUT2D eigenvalue weighted by Gasteiger charge is 2.30. The Bertz CT molecular complexity index is 446. The van der Waals surface area contributed by atoms with Crippen LogP contribution in [0, 0.1) is 0 Å². The van der Waals surface area contributed by atoms with E-state index in [0.29, 0.717) is 0 Å². The second-order valence-corrected chi connectivity index (χ2v) is 5.10. The fourth-order valence-electron chi connectivity index (χ4n) is 1.12. The fraction of sp³-hybridized carbons (Fsp3) is 0.571. The van der Waals surface area contributed by atoms with E-state index in [9.17, 15) is 8.42 Å². The standard InChI is InChI=1S/C7H12N4O2S/c1-11-7(8)6(4-9-11)14(12,13)10-5-2-3-5/h4-5,10H,2-3,8H2,1H3. The molecule has 7 heteroatoms. The molecule has 0 aromatic carbocycles. The van der Waals surface area contributed by atoms with Gasteiger partial charge in [-0.1, -0.05) is 0 Å². The molecular formula is C7H12N4O2S. The van der Waals surface area contributed by atoms with E-state index >= 15 is 0 Å². The lowest BCUT2D eigenvalue weighted by Gasteiger charge is -2.03. The van der Waals surface area contributed by atoms with Gasteiger partial charge in [-0.15, -0.1) is 0 Å². The van der Waals surface area contributed by atoms with E-state index in [2.05, 4.69) is 9.82 Å². The van der Waals surface area contributed by atoms with E-state index in [1.807, 2.05) is 0 Å². The lowest BCUT2D eigenvalue weighted by Crippen LogP contribution is -2.26. The first-order valence-corrected chi connectivity index (χ1v) is 5.79. The summed E-state index contributed by atoms with van der Waals surface area (Å²) >= 11 is 0. The normalized spacial score (nSPS) is 17.2. The van der Waals surface area contributed by atoms with Crippen molar-refractivity contribution in [2.24, 2.45) is 7.05 Å². The number of nitrogen functional groups attached to an aromatic ring is 1. The first kappa shape index (κ1) is 9.47. The SMILES string of the molecule is Cn1ncc(S(=O)(=O)NC2CC2)c1N. The van der Waals surface area contributed by atoms with E-state index in [1.165, 1.54) is 10.9 Å². The monoisotopic (exact) mass is 216 g/mol. The van der Waals surface area contributed by atoms with Gasteiger partial charge in [0.15, 0.2) is 0 Å². The first-order chi connectivity index (χ1) is 6.50. The van der Waals surface area contributed by atoms with E-state index in [4.69, 9.17) is 5.73 Å². The van der Waals surface area contributed by atoms with Gasteiger partial charge in [0.2, 0.25) is 10.0 Å². The summed E-state index contributed by atoms with van der Waals surface area (Å²) in [4.78, 5) is 0.0619. The zero-order chi connectivity index (χ0) is 10.3. The number of hydrogen-bond acceptors (Lipinski definition) is 4. The molecular weight excluding hydrogens is 204 g/mol. The Labute approximate surface area is 82.1 Å². The van der Waals surface area contributed by atoms with Crippen molar-refractivity contribution in [2.45, 2.75) is 23.8 Å². The number of aromatic nitrogens is 2. The van der Waals surface area contributed by atoms with Crippen molar-refractivity contribution in [3.8, 4) is 0 Å². The largest absolute Gasteiger partial charge is 0.383 e. The van der Waals surface area contributed by atoms with E-state index in [1.54, 1.807) is 7.05 Å². The molecule has 2 rings (SSSR count). The van der Waals surface area contributed by atoms with Gasteiger partial charge in [-0.05, 0) is 12.8 Å². The zero-order valence-electron chi connectivity index (χ0n) is 7.77. The molecule has 1 saturated carbocycles. The molecule has 0 spiro atoms. The zero-order valence-corrected chi connectivity index (χ0v) is 8.58. The molecule has 0 saturated heterocycles. The fourth-order valence-corrected chi connectivity index (χ4v) is 2.51. The van der Waals surface area contributed by atoms with Crippen LogP contribution in [0.3, 0.4) is 0 Å². The average Bonchev–Trinajstić information content (AvgIpc) is 2.80. The number of nitrogens with two attached hydrogens (primary N) is 1. The minimum Gasteiger partial charge on any atom is -0.383 e. The molecule has 1 fully saturated rings. The predicted molar refractivity (Wildman–Crippen MR) is 51.0 cm³/mol. The number of anilines is 1. The molecule has 0 radical (unpaired) electrons. The van der Waals surface area contributed by atoms with Crippen molar-refractivity contribution in [2.75, 3.05) is 5.73 Å². The smallest absolute Gasteiger partial charge is 0.246 e. The van der Waals surface area contributed by atoms with Crippen LogP contribution >= 0.6 is 0 Å². The summed E-state index contributed by atoms with van der Waals surface area (Å²) in [5.41, 5.74) is 5.57. The molecule has 1 aromatic heterocycles. The van der Waals surface area contributed by atoms with Crippen LogP contribution in [0.2, 0.25) is 0 Å². The van der Waals surface area contributed by atoms with Crippen LogP contribution < -0.4 is 10.5 Å². The number of nitrogens with zero attached hydrogens (tertiary/aromatic N) is 2. The van der Waals surface area contributed by atoms with Crippen molar-refractivity contribution in [1.29, 1.82) is 0 Å². The molecule has 1 aliphatic rings. The topological polar surface area (TPSA) is 90.0 Å². The maximum atomic E-state index is 11.7. The van der Waals surface area contributed by atoms with Crippen LogP contribution in [0.15, 0.2) is 11.1 Å². The summed E-state index contributed by atoms with van der Waals surface area (Å²) in [7, 11) is -1.86. The number of aryl methyl sites for hydroxylation is 1. The minimum atomic E-state index is -3.47. The van der Waals surface area contributed by atoms with Crippen molar-refractivity contribution in [3.05, 3.63) is 6.20 Å². The van der Waals surface area contributed by atoms with E-state index in [0.717, 1.165) is 12.8 Å². The van der Waals surface area contributed by atoms with Gasteiger partial charge >= 0.3 is 0 Å². The van der Waals surface area contributed by atoms with Gasteiger partial charge in [-0.2, -0.15) is 5.10 Å². The Morgan fingerprint density at radius 2 is 2.29 bits per heavy atom. The molecule has 3 N–H and O–H groups in total. The van der Waals surface area contributed by atoms with Gasteiger partial charge in [0, 0.05) is 13.1 Å². The third-order valence-corrected chi connectivity index (χ3v) is 3.68. The van der Waals surface area contributed by atoms with Crippen molar-refractivity contribution >= 4 is 15.8 Å². The average molecular weight is 216 g/mol. The summed E-state index contributed by atoms with van der Waals surface area (Å²) in [5, 5.41) is 3.78. The summed E-state index contributed by atoms with van der Waals surface area (Å²) in [5.74, 6) is 0.165. The molecule has 1 aliphatic carbocycles. The van der Waals surface area contributed by atoms with Crippen molar-refractivity contribution in [3.63, 3.8) is 0 Å². The molecule has 14 heavy (non-hydrogen) atoms. The second kappa shape index (κ2) is 2.96. The Balaban J connectivity index is 2.32. The Hall–Kier alpha value is -1.08. The molecule has 0 amide bonds. The summed E-state index contributed by atoms with van der Waals surface area (Å²) in [6.07, 6.45) is 3.07. The van der Waals surface area contributed by atoms with Crippen LogP contribution in [0.25, 0.3) is 0 Å². The van der Waals surface area contributed by atoms with Crippen molar-refractivity contribution < 1.29 is 8.42 Å². The molecule has 1 heterocycles. The molecule has 0 bridgehead atoms. The van der Waals surface area contributed by atoms with Gasteiger partial charge in [-0.3, -0.25) is 4.68 Å². The van der Waals surface area contributed by atoms with Gasteiger partial charge < -0.3 is 5.73 Å². The number of rotatable bonds is 3. The molecule has 78 valence electrons. The molecule has 0 unspecified atom stereocenters.